The summed E-state index contributed by atoms with van der Waals surface area (Å²) in [5.41, 5.74) is 0.516. The standard InChI is InChI=1S/C12H19NS/c1-11(2)9-5-8(7-13)12(3,14-4)6-10(9)11/h8-10H,5-6H2,1-4H3/t8-,9-,10+,12+/m1/s1. The molecular formula is C12H19NS. The molecule has 4 atom stereocenters. The smallest absolute Gasteiger partial charge is 0.0670 e. The maximum Gasteiger partial charge on any atom is 0.0670 e. The topological polar surface area (TPSA) is 23.8 Å². The largest absolute Gasteiger partial charge is 0.198 e. The Bertz CT molecular complexity index is 291. The molecule has 2 fully saturated rings. The summed E-state index contributed by atoms with van der Waals surface area (Å²) in [6, 6.07) is 2.52. The summed E-state index contributed by atoms with van der Waals surface area (Å²) in [4.78, 5) is 0. The van der Waals surface area contributed by atoms with Crippen LogP contribution in [0.1, 0.15) is 33.6 Å². The minimum absolute atomic E-state index is 0.212. The Morgan fingerprint density at radius 1 is 1.29 bits per heavy atom. The van der Waals surface area contributed by atoms with Crippen LogP contribution < -0.4 is 0 Å². The van der Waals surface area contributed by atoms with Crippen LogP contribution in [0.4, 0.5) is 0 Å². The van der Waals surface area contributed by atoms with Gasteiger partial charge in [0.15, 0.2) is 0 Å². The first-order chi connectivity index (χ1) is 6.45. The third-order valence-electron chi connectivity index (χ3n) is 4.76. The monoisotopic (exact) mass is 209 g/mol. The molecule has 0 bridgehead atoms. The van der Waals surface area contributed by atoms with Gasteiger partial charge in [-0.1, -0.05) is 13.8 Å². The van der Waals surface area contributed by atoms with Crippen LogP contribution in [-0.4, -0.2) is 11.0 Å². The van der Waals surface area contributed by atoms with Crippen molar-refractivity contribution >= 4 is 11.8 Å². The summed E-state index contributed by atoms with van der Waals surface area (Å²) >= 11 is 1.89. The third-order valence-corrected chi connectivity index (χ3v) is 6.15. The second-order valence-corrected chi connectivity index (χ2v) is 7.01. The fourth-order valence-electron chi connectivity index (χ4n) is 3.23. The highest BCUT2D eigenvalue weighted by Crippen LogP contribution is 2.69. The van der Waals surface area contributed by atoms with E-state index in [0.29, 0.717) is 5.41 Å². The summed E-state index contributed by atoms with van der Waals surface area (Å²) in [5.74, 6) is 1.97. The average Bonchev–Trinajstić information content (AvgIpc) is 2.66. The van der Waals surface area contributed by atoms with Gasteiger partial charge in [-0.25, -0.2) is 0 Å². The van der Waals surface area contributed by atoms with Crippen molar-refractivity contribution in [3.63, 3.8) is 0 Å². The van der Waals surface area contributed by atoms with E-state index in [9.17, 15) is 5.26 Å². The zero-order chi connectivity index (χ0) is 10.6. The number of hydrogen-bond acceptors (Lipinski definition) is 2. The number of fused-ring (bicyclic) bond motifs is 1. The van der Waals surface area contributed by atoms with Crippen molar-refractivity contribution in [2.24, 2.45) is 23.2 Å². The molecule has 78 valence electrons. The second kappa shape index (κ2) is 2.92. The highest BCUT2D eigenvalue weighted by molar-refractivity contribution is 8.00. The van der Waals surface area contributed by atoms with E-state index in [1.807, 2.05) is 11.8 Å². The van der Waals surface area contributed by atoms with Crippen LogP contribution in [0.3, 0.4) is 0 Å². The summed E-state index contributed by atoms with van der Waals surface area (Å²) in [6.07, 6.45) is 4.52. The van der Waals surface area contributed by atoms with Gasteiger partial charge in [0.05, 0.1) is 12.0 Å². The van der Waals surface area contributed by atoms with Crippen LogP contribution in [0.5, 0.6) is 0 Å². The summed E-state index contributed by atoms with van der Waals surface area (Å²) in [5, 5.41) is 9.20. The number of thioether (sulfide) groups is 1. The molecule has 2 aliphatic rings. The zero-order valence-electron chi connectivity index (χ0n) is 9.50. The van der Waals surface area contributed by atoms with Crippen molar-refractivity contribution in [3.8, 4) is 6.07 Å². The van der Waals surface area contributed by atoms with Gasteiger partial charge in [-0.15, -0.1) is 0 Å². The van der Waals surface area contributed by atoms with Gasteiger partial charge < -0.3 is 0 Å². The molecule has 0 radical (unpaired) electrons. The van der Waals surface area contributed by atoms with Crippen LogP contribution in [0.15, 0.2) is 0 Å². The molecule has 2 heteroatoms. The molecule has 0 spiro atoms. The molecule has 0 unspecified atom stereocenters. The average molecular weight is 209 g/mol. The Morgan fingerprint density at radius 2 is 1.93 bits per heavy atom. The van der Waals surface area contributed by atoms with Crippen molar-refractivity contribution in [3.05, 3.63) is 0 Å². The molecule has 0 aromatic carbocycles. The van der Waals surface area contributed by atoms with E-state index in [1.165, 1.54) is 6.42 Å². The molecule has 2 saturated carbocycles. The molecule has 0 amide bonds. The lowest BCUT2D eigenvalue weighted by Gasteiger charge is -2.35. The third kappa shape index (κ3) is 1.21. The van der Waals surface area contributed by atoms with Gasteiger partial charge in [0.25, 0.3) is 0 Å². The Balaban J connectivity index is 2.20. The molecule has 0 saturated heterocycles. The summed E-state index contributed by atoms with van der Waals surface area (Å²) in [7, 11) is 0. The number of nitriles is 1. The number of nitrogens with zero attached hydrogens (tertiary/aromatic N) is 1. The van der Waals surface area contributed by atoms with Crippen molar-refractivity contribution < 1.29 is 0 Å². The van der Waals surface area contributed by atoms with Crippen LogP contribution in [-0.2, 0) is 0 Å². The lowest BCUT2D eigenvalue weighted by molar-refractivity contribution is 0.335. The summed E-state index contributed by atoms with van der Waals surface area (Å²) in [6.45, 7) is 7.00. The maximum atomic E-state index is 9.20. The fourth-order valence-corrected chi connectivity index (χ4v) is 4.01. The lowest BCUT2D eigenvalue weighted by atomic mass is 9.80. The van der Waals surface area contributed by atoms with Crippen LogP contribution in [0.2, 0.25) is 0 Å². The Kier molecular flexibility index (Phi) is 2.16. The molecule has 14 heavy (non-hydrogen) atoms. The molecule has 0 aromatic rings. The molecule has 1 nitrogen and oxygen atoms in total. The van der Waals surface area contributed by atoms with Crippen molar-refractivity contribution in [2.75, 3.05) is 6.26 Å². The zero-order valence-corrected chi connectivity index (χ0v) is 10.3. The number of rotatable bonds is 1. The van der Waals surface area contributed by atoms with Crippen LogP contribution in [0.25, 0.3) is 0 Å². The molecule has 0 heterocycles. The van der Waals surface area contributed by atoms with Gasteiger partial charge in [-0.05, 0) is 43.3 Å². The van der Waals surface area contributed by atoms with E-state index in [0.717, 1.165) is 18.3 Å². The fraction of sp³-hybridized carbons (Fsp3) is 0.917. The lowest BCUT2D eigenvalue weighted by Crippen LogP contribution is -2.34. The molecule has 0 aliphatic heterocycles. The van der Waals surface area contributed by atoms with E-state index in [2.05, 4.69) is 33.1 Å². The van der Waals surface area contributed by atoms with Crippen molar-refractivity contribution in [1.29, 1.82) is 5.26 Å². The van der Waals surface area contributed by atoms with Crippen molar-refractivity contribution in [1.82, 2.24) is 0 Å². The van der Waals surface area contributed by atoms with Gasteiger partial charge in [0, 0.05) is 4.75 Å². The maximum absolute atomic E-state index is 9.20. The first-order valence-electron chi connectivity index (χ1n) is 5.40. The Hall–Kier alpha value is -0.160. The van der Waals surface area contributed by atoms with Gasteiger partial charge in [0.2, 0.25) is 0 Å². The highest BCUT2D eigenvalue weighted by Gasteiger charge is 2.63. The van der Waals surface area contributed by atoms with Crippen molar-refractivity contribution in [2.45, 2.75) is 38.4 Å². The molecule has 2 rings (SSSR count). The first-order valence-corrected chi connectivity index (χ1v) is 6.63. The van der Waals surface area contributed by atoms with E-state index >= 15 is 0 Å². The van der Waals surface area contributed by atoms with Gasteiger partial charge >= 0.3 is 0 Å². The van der Waals surface area contributed by atoms with E-state index < -0.39 is 0 Å². The minimum atomic E-state index is 0.212. The van der Waals surface area contributed by atoms with Gasteiger partial charge in [0.1, 0.15) is 0 Å². The van der Waals surface area contributed by atoms with Crippen LogP contribution in [0, 0.1) is 34.5 Å². The minimum Gasteiger partial charge on any atom is -0.198 e. The predicted octanol–water partition coefficient (Wildman–Crippen LogP) is 3.31. The Labute approximate surface area is 91.3 Å². The van der Waals surface area contributed by atoms with Crippen LogP contribution >= 0.6 is 11.8 Å². The predicted molar refractivity (Wildman–Crippen MR) is 61.0 cm³/mol. The molecular weight excluding hydrogens is 190 g/mol. The van der Waals surface area contributed by atoms with E-state index in [-0.39, 0.29) is 10.7 Å². The number of hydrogen-bond donors (Lipinski definition) is 0. The molecule has 2 aliphatic carbocycles. The molecule has 0 aromatic heterocycles. The first kappa shape index (κ1) is 10.4. The van der Waals surface area contributed by atoms with E-state index in [4.69, 9.17) is 0 Å². The normalized spacial score (nSPS) is 49.2. The quantitative estimate of drug-likeness (QED) is 0.661. The molecule has 0 N–H and O–H groups in total. The Morgan fingerprint density at radius 3 is 2.43 bits per heavy atom. The van der Waals surface area contributed by atoms with Gasteiger partial charge in [-0.3, -0.25) is 0 Å². The van der Waals surface area contributed by atoms with E-state index in [1.54, 1.807) is 0 Å². The SMILES string of the molecule is CS[C@@]1(C)C[C@H]2[C@@H](C[C@@H]1C#N)C2(C)C. The second-order valence-electron chi connectivity index (χ2n) is 5.67. The summed E-state index contributed by atoms with van der Waals surface area (Å²) < 4.78 is 0.212. The van der Waals surface area contributed by atoms with Gasteiger partial charge in [-0.2, -0.15) is 17.0 Å². The highest BCUT2D eigenvalue weighted by atomic mass is 32.2.